The number of carbonyl (C=O) groups is 1. The maximum atomic E-state index is 12.8. The van der Waals surface area contributed by atoms with Crippen LogP contribution in [0.3, 0.4) is 0 Å². The van der Waals surface area contributed by atoms with Gasteiger partial charge < -0.3 is 15.8 Å². The lowest BCUT2D eigenvalue weighted by molar-refractivity contribution is -0.171. The Bertz CT molecular complexity index is 627. The van der Waals surface area contributed by atoms with Crippen molar-refractivity contribution in [2.45, 2.75) is 64.3 Å². The summed E-state index contributed by atoms with van der Waals surface area (Å²) in [5.74, 6) is -0.0263. The van der Waals surface area contributed by atoms with Crippen molar-refractivity contribution in [3.05, 3.63) is 30.1 Å². The highest BCUT2D eigenvalue weighted by atomic mass is 35.5. The molecule has 1 saturated heterocycles. The zero-order valence-electron chi connectivity index (χ0n) is 17.4. The highest BCUT2D eigenvalue weighted by molar-refractivity contribution is 5.89. The highest BCUT2D eigenvalue weighted by Crippen LogP contribution is 2.49. The molecule has 1 aromatic rings. The standard InChI is InChI=1S/C20H32N4O2.3ClH/c1-4-26-17-13-20(21,19(17,2)3)18(25)23-15-8-11-24(12-9-15)14-16-7-5-6-10-22-16;;;/h5-7,10,15,17H,4,8-9,11-14,21H2,1-3H3,(H,23,25);3*1H. The minimum absolute atomic E-state index is 0. The molecule has 3 rings (SSSR count). The first-order valence-electron chi connectivity index (χ1n) is 9.70. The summed E-state index contributed by atoms with van der Waals surface area (Å²) in [6.07, 6.45) is 4.38. The van der Waals surface area contributed by atoms with Gasteiger partial charge in [0.05, 0.1) is 11.8 Å². The molecule has 2 atom stereocenters. The van der Waals surface area contributed by atoms with Crippen molar-refractivity contribution in [2.75, 3.05) is 19.7 Å². The monoisotopic (exact) mass is 468 g/mol. The van der Waals surface area contributed by atoms with Gasteiger partial charge in [-0.3, -0.25) is 14.7 Å². The van der Waals surface area contributed by atoms with E-state index < -0.39 is 5.54 Å². The summed E-state index contributed by atoms with van der Waals surface area (Å²) in [4.78, 5) is 19.6. The predicted molar refractivity (Wildman–Crippen MR) is 123 cm³/mol. The number of likely N-dealkylation sites (tertiary alicyclic amines) is 1. The van der Waals surface area contributed by atoms with Crippen LogP contribution in [0.2, 0.25) is 0 Å². The molecule has 2 aliphatic rings. The van der Waals surface area contributed by atoms with Crippen LogP contribution in [0.5, 0.6) is 0 Å². The van der Waals surface area contributed by atoms with Gasteiger partial charge in [0, 0.05) is 50.3 Å². The summed E-state index contributed by atoms with van der Waals surface area (Å²) >= 11 is 0. The SMILES string of the molecule is CCOC1CC(N)(C(=O)NC2CCN(Cc3ccccn3)CC2)C1(C)C.Cl.Cl.Cl. The van der Waals surface area contributed by atoms with Crippen molar-refractivity contribution < 1.29 is 9.53 Å². The summed E-state index contributed by atoms with van der Waals surface area (Å²) in [6, 6.07) is 6.21. The smallest absolute Gasteiger partial charge is 0.241 e. The lowest BCUT2D eigenvalue weighted by Gasteiger charge is -2.57. The number of pyridine rings is 1. The number of nitrogens with one attached hydrogen (secondary N) is 1. The number of hydrogen-bond donors (Lipinski definition) is 2. The predicted octanol–water partition coefficient (Wildman–Crippen LogP) is 2.96. The summed E-state index contributed by atoms with van der Waals surface area (Å²) in [5, 5.41) is 3.20. The summed E-state index contributed by atoms with van der Waals surface area (Å²) < 4.78 is 5.73. The van der Waals surface area contributed by atoms with Gasteiger partial charge in [0.15, 0.2) is 0 Å². The van der Waals surface area contributed by atoms with Crippen LogP contribution in [0.15, 0.2) is 24.4 Å². The molecule has 6 nitrogen and oxygen atoms in total. The third-order valence-electron chi connectivity index (χ3n) is 6.27. The van der Waals surface area contributed by atoms with E-state index in [4.69, 9.17) is 10.5 Å². The van der Waals surface area contributed by atoms with Crippen LogP contribution < -0.4 is 11.1 Å². The van der Waals surface area contributed by atoms with E-state index in [1.165, 1.54) is 0 Å². The first-order chi connectivity index (χ1) is 12.4. The lowest BCUT2D eigenvalue weighted by Crippen LogP contribution is -2.76. The van der Waals surface area contributed by atoms with Crippen LogP contribution in [0.25, 0.3) is 0 Å². The zero-order chi connectivity index (χ0) is 18.8. The minimum Gasteiger partial charge on any atom is -0.378 e. The molecule has 1 aliphatic heterocycles. The Kier molecular flexibility index (Phi) is 11.4. The largest absolute Gasteiger partial charge is 0.378 e. The molecule has 0 aromatic carbocycles. The lowest BCUT2D eigenvalue weighted by atomic mass is 9.54. The molecule has 2 fully saturated rings. The Morgan fingerprint density at radius 1 is 1.28 bits per heavy atom. The molecule has 2 unspecified atom stereocenters. The van der Waals surface area contributed by atoms with E-state index >= 15 is 0 Å². The van der Waals surface area contributed by atoms with Gasteiger partial charge in [-0.2, -0.15) is 0 Å². The number of halogens is 3. The minimum atomic E-state index is -0.835. The van der Waals surface area contributed by atoms with Crippen molar-refractivity contribution in [3.8, 4) is 0 Å². The van der Waals surface area contributed by atoms with Gasteiger partial charge in [-0.1, -0.05) is 19.9 Å². The molecular formula is C20H35Cl3N4O2. The summed E-state index contributed by atoms with van der Waals surface area (Å²) in [7, 11) is 0. The molecule has 9 heteroatoms. The molecule has 1 aromatic heterocycles. The van der Waals surface area contributed by atoms with Crippen LogP contribution in [-0.2, 0) is 16.1 Å². The van der Waals surface area contributed by atoms with E-state index in [-0.39, 0.29) is 60.7 Å². The molecule has 1 amide bonds. The zero-order valence-corrected chi connectivity index (χ0v) is 19.9. The molecule has 1 aliphatic carbocycles. The average Bonchev–Trinajstić information content (AvgIpc) is 2.64. The fourth-order valence-electron chi connectivity index (χ4n) is 4.09. The normalized spacial score (nSPS) is 26.1. The molecule has 0 radical (unpaired) electrons. The second kappa shape index (κ2) is 11.7. The van der Waals surface area contributed by atoms with Crippen LogP contribution in [0, 0.1) is 5.41 Å². The van der Waals surface area contributed by atoms with Crippen molar-refractivity contribution in [1.82, 2.24) is 15.2 Å². The van der Waals surface area contributed by atoms with E-state index in [9.17, 15) is 4.79 Å². The molecule has 168 valence electrons. The maximum Gasteiger partial charge on any atom is 0.241 e. The molecule has 2 heterocycles. The molecule has 0 bridgehead atoms. The molecular weight excluding hydrogens is 435 g/mol. The molecule has 1 saturated carbocycles. The first kappa shape index (κ1) is 28.4. The van der Waals surface area contributed by atoms with Crippen molar-refractivity contribution in [3.63, 3.8) is 0 Å². The van der Waals surface area contributed by atoms with E-state index in [1.54, 1.807) is 0 Å². The number of aromatic nitrogens is 1. The van der Waals surface area contributed by atoms with E-state index in [2.05, 4.69) is 21.3 Å². The Morgan fingerprint density at radius 2 is 1.93 bits per heavy atom. The highest BCUT2D eigenvalue weighted by Gasteiger charge is 2.63. The van der Waals surface area contributed by atoms with E-state index in [0.29, 0.717) is 13.0 Å². The van der Waals surface area contributed by atoms with E-state index in [1.807, 2.05) is 39.1 Å². The van der Waals surface area contributed by atoms with Gasteiger partial charge in [0.1, 0.15) is 5.54 Å². The second-order valence-electron chi connectivity index (χ2n) is 8.19. The van der Waals surface area contributed by atoms with E-state index in [0.717, 1.165) is 38.2 Å². The topological polar surface area (TPSA) is 80.5 Å². The van der Waals surface area contributed by atoms with Crippen LogP contribution in [0.4, 0.5) is 0 Å². The Morgan fingerprint density at radius 3 is 2.45 bits per heavy atom. The molecule has 29 heavy (non-hydrogen) atoms. The third-order valence-corrected chi connectivity index (χ3v) is 6.27. The number of nitrogens with two attached hydrogens (primary N) is 1. The van der Waals surface area contributed by atoms with Crippen molar-refractivity contribution >= 4 is 43.1 Å². The summed E-state index contributed by atoms with van der Waals surface area (Å²) in [5.41, 5.74) is 6.40. The average molecular weight is 470 g/mol. The number of piperidine rings is 1. The molecule has 3 N–H and O–H groups in total. The van der Waals surface area contributed by atoms with Gasteiger partial charge in [-0.15, -0.1) is 37.2 Å². The Labute approximate surface area is 192 Å². The number of hydrogen-bond acceptors (Lipinski definition) is 5. The maximum absolute atomic E-state index is 12.8. The van der Waals surface area contributed by atoms with Gasteiger partial charge in [-0.05, 0) is 31.9 Å². The van der Waals surface area contributed by atoms with Gasteiger partial charge in [-0.25, -0.2) is 0 Å². The van der Waals surface area contributed by atoms with Crippen molar-refractivity contribution in [2.24, 2.45) is 11.1 Å². The van der Waals surface area contributed by atoms with Crippen LogP contribution >= 0.6 is 37.2 Å². The third kappa shape index (κ3) is 5.96. The summed E-state index contributed by atoms with van der Waals surface area (Å²) in [6.45, 7) is 9.49. The fraction of sp³-hybridized carbons (Fsp3) is 0.700. The van der Waals surface area contributed by atoms with Gasteiger partial charge >= 0.3 is 0 Å². The van der Waals surface area contributed by atoms with Crippen molar-refractivity contribution in [1.29, 1.82) is 0 Å². The number of ether oxygens (including phenoxy) is 1. The quantitative estimate of drug-likeness (QED) is 0.669. The van der Waals surface area contributed by atoms with Gasteiger partial charge in [0.2, 0.25) is 5.91 Å². The Hall–Kier alpha value is -0.630. The second-order valence-corrected chi connectivity index (χ2v) is 8.19. The van der Waals surface area contributed by atoms with Crippen LogP contribution in [0.1, 0.15) is 45.7 Å². The molecule has 0 spiro atoms. The first-order valence-corrected chi connectivity index (χ1v) is 9.70. The van der Waals surface area contributed by atoms with Crippen LogP contribution in [-0.4, -0.2) is 53.2 Å². The van der Waals surface area contributed by atoms with Gasteiger partial charge in [0.25, 0.3) is 0 Å². The number of nitrogens with zero attached hydrogens (tertiary/aromatic N) is 2. The Balaban J connectivity index is 0.00000261. The number of carbonyl (C=O) groups excluding carboxylic acids is 1. The number of amides is 1. The number of rotatable bonds is 6. The fourth-order valence-corrected chi connectivity index (χ4v) is 4.09.